The van der Waals surface area contributed by atoms with Crippen molar-refractivity contribution < 1.29 is 13.2 Å². The summed E-state index contributed by atoms with van der Waals surface area (Å²) in [6.45, 7) is 3.28. The maximum Gasteiger partial charge on any atom is 0.282 e. The van der Waals surface area contributed by atoms with Crippen LogP contribution in [0.4, 0.5) is 0 Å². The second kappa shape index (κ2) is 5.30. The lowest BCUT2D eigenvalue weighted by atomic mass is 10.2. The molecule has 0 aromatic heterocycles. The molecule has 0 radical (unpaired) electrons. The average molecular weight is 313 g/mol. The lowest BCUT2D eigenvalue weighted by molar-refractivity contribution is 0.0705. The van der Waals surface area contributed by atoms with Crippen molar-refractivity contribution >= 4 is 26.1 Å². The van der Waals surface area contributed by atoms with Gasteiger partial charge in [-0.3, -0.25) is 0 Å². The van der Waals surface area contributed by atoms with Gasteiger partial charge in [0.1, 0.15) is 0 Å². The third-order valence-corrected chi connectivity index (χ3v) is 6.01. The van der Waals surface area contributed by atoms with Crippen LogP contribution in [0.15, 0.2) is 0 Å². The first-order valence-electron chi connectivity index (χ1n) is 5.53. The highest BCUT2D eigenvalue weighted by atomic mass is 79.9. The van der Waals surface area contributed by atoms with Gasteiger partial charge in [-0.1, -0.05) is 15.9 Å². The Labute approximate surface area is 105 Å². The summed E-state index contributed by atoms with van der Waals surface area (Å²) in [6.07, 6.45) is 0.953. The first kappa shape index (κ1) is 12.8. The molecule has 7 heteroatoms. The van der Waals surface area contributed by atoms with Gasteiger partial charge < -0.3 is 4.74 Å². The second-order valence-electron chi connectivity index (χ2n) is 4.19. The van der Waals surface area contributed by atoms with E-state index in [1.807, 2.05) is 0 Å². The summed E-state index contributed by atoms with van der Waals surface area (Å²) < 4.78 is 32.8. The second-order valence-corrected chi connectivity index (χ2v) is 6.76. The molecule has 0 spiro atoms. The van der Waals surface area contributed by atoms with Crippen molar-refractivity contribution in [3.63, 3.8) is 0 Å². The van der Waals surface area contributed by atoms with Crippen molar-refractivity contribution in [1.29, 1.82) is 0 Å². The summed E-state index contributed by atoms with van der Waals surface area (Å²) in [5.74, 6) is 0.454. The molecule has 2 aliphatic rings. The van der Waals surface area contributed by atoms with E-state index in [-0.39, 0.29) is 0 Å². The number of ether oxygens (including phenoxy) is 1. The van der Waals surface area contributed by atoms with Crippen LogP contribution in [0.3, 0.4) is 0 Å². The maximum absolute atomic E-state index is 12.2. The zero-order chi connectivity index (χ0) is 11.6. The molecule has 2 fully saturated rings. The number of nitrogens with zero attached hydrogens (tertiary/aromatic N) is 2. The Morgan fingerprint density at radius 3 is 2.44 bits per heavy atom. The normalized spacial score (nSPS) is 29.7. The minimum Gasteiger partial charge on any atom is -0.379 e. The van der Waals surface area contributed by atoms with Crippen LogP contribution >= 0.6 is 15.9 Å². The van der Waals surface area contributed by atoms with E-state index in [0.29, 0.717) is 45.3 Å². The fourth-order valence-corrected chi connectivity index (χ4v) is 4.27. The number of halogens is 1. The van der Waals surface area contributed by atoms with E-state index in [1.165, 1.54) is 4.31 Å². The Morgan fingerprint density at radius 2 is 1.88 bits per heavy atom. The standard InChI is InChI=1S/C9H17BrN2O3S/c10-7-9-1-2-12(8-9)16(13,14)11-3-5-15-6-4-11/h9H,1-8H2. The van der Waals surface area contributed by atoms with Crippen molar-refractivity contribution in [2.75, 3.05) is 44.7 Å². The number of rotatable bonds is 3. The quantitative estimate of drug-likeness (QED) is 0.703. The molecule has 2 aliphatic heterocycles. The highest BCUT2D eigenvalue weighted by Gasteiger charge is 2.35. The van der Waals surface area contributed by atoms with Gasteiger partial charge in [-0.05, 0) is 12.3 Å². The van der Waals surface area contributed by atoms with Crippen LogP contribution in [0.5, 0.6) is 0 Å². The Balaban J connectivity index is 2.01. The van der Waals surface area contributed by atoms with Crippen LogP contribution in [0.25, 0.3) is 0 Å². The summed E-state index contributed by atoms with van der Waals surface area (Å²) in [6, 6.07) is 0. The van der Waals surface area contributed by atoms with Crippen molar-refractivity contribution in [1.82, 2.24) is 8.61 Å². The lowest BCUT2D eigenvalue weighted by Crippen LogP contribution is -2.47. The van der Waals surface area contributed by atoms with Crippen LogP contribution in [-0.2, 0) is 14.9 Å². The van der Waals surface area contributed by atoms with Crippen molar-refractivity contribution in [3.8, 4) is 0 Å². The first-order chi connectivity index (χ1) is 7.64. The van der Waals surface area contributed by atoms with Gasteiger partial charge in [0.2, 0.25) is 0 Å². The molecule has 0 aromatic rings. The molecule has 1 atom stereocenters. The molecule has 1 unspecified atom stereocenters. The predicted octanol–water partition coefficient (Wildman–Crippen LogP) is 0.280. The molecule has 0 bridgehead atoms. The number of hydrogen-bond donors (Lipinski definition) is 0. The molecule has 0 amide bonds. The van der Waals surface area contributed by atoms with Gasteiger partial charge >= 0.3 is 0 Å². The van der Waals surface area contributed by atoms with Gasteiger partial charge in [0, 0.05) is 31.5 Å². The van der Waals surface area contributed by atoms with Crippen LogP contribution in [0.1, 0.15) is 6.42 Å². The SMILES string of the molecule is O=S(=O)(N1CCOCC1)N1CCC(CBr)C1. The molecule has 2 rings (SSSR count). The highest BCUT2D eigenvalue weighted by Crippen LogP contribution is 2.23. The molecule has 16 heavy (non-hydrogen) atoms. The number of hydrogen-bond acceptors (Lipinski definition) is 3. The summed E-state index contributed by atoms with van der Waals surface area (Å²) >= 11 is 3.41. The molecule has 94 valence electrons. The van der Waals surface area contributed by atoms with Gasteiger partial charge in [0.25, 0.3) is 10.2 Å². The first-order valence-corrected chi connectivity index (χ1v) is 8.05. The minimum atomic E-state index is -3.24. The van der Waals surface area contributed by atoms with Crippen LogP contribution in [0.2, 0.25) is 0 Å². The van der Waals surface area contributed by atoms with Crippen molar-refractivity contribution in [2.45, 2.75) is 6.42 Å². The molecule has 2 heterocycles. The smallest absolute Gasteiger partial charge is 0.282 e. The summed E-state index contributed by atoms with van der Waals surface area (Å²) in [7, 11) is -3.24. The van der Waals surface area contributed by atoms with E-state index >= 15 is 0 Å². The summed E-state index contributed by atoms with van der Waals surface area (Å²) in [5, 5.41) is 0.877. The monoisotopic (exact) mass is 312 g/mol. The zero-order valence-corrected chi connectivity index (χ0v) is 11.5. The predicted molar refractivity (Wildman–Crippen MR) is 64.8 cm³/mol. The van der Waals surface area contributed by atoms with Gasteiger partial charge in [-0.25, -0.2) is 0 Å². The zero-order valence-electron chi connectivity index (χ0n) is 9.14. The van der Waals surface area contributed by atoms with Gasteiger partial charge in [-0.15, -0.1) is 0 Å². The Bertz CT molecular complexity index is 330. The average Bonchev–Trinajstić information content (AvgIpc) is 2.79. The van der Waals surface area contributed by atoms with Gasteiger partial charge in [-0.2, -0.15) is 17.0 Å². The van der Waals surface area contributed by atoms with E-state index in [4.69, 9.17) is 4.74 Å². The molecule has 0 saturated carbocycles. The fourth-order valence-electron chi connectivity index (χ4n) is 2.07. The van der Waals surface area contributed by atoms with Gasteiger partial charge in [0.15, 0.2) is 0 Å². The molecule has 0 N–H and O–H groups in total. The Hall–Kier alpha value is 0.310. The number of morpholine rings is 1. The molecular weight excluding hydrogens is 296 g/mol. The lowest BCUT2D eigenvalue weighted by Gasteiger charge is -2.30. The molecular formula is C9H17BrN2O3S. The largest absolute Gasteiger partial charge is 0.379 e. The van der Waals surface area contributed by atoms with Crippen LogP contribution in [0, 0.1) is 5.92 Å². The third-order valence-electron chi connectivity index (χ3n) is 3.09. The highest BCUT2D eigenvalue weighted by molar-refractivity contribution is 9.09. The van der Waals surface area contributed by atoms with E-state index in [9.17, 15) is 8.42 Å². The summed E-state index contributed by atoms with van der Waals surface area (Å²) in [4.78, 5) is 0. The molecule has 2 saturated heterocycles. The topological polar surface area (TPSA) is 49.9 Å². The van der Waals surface area contributed by atoms with E-state index < -0.39 is 10.2 Å². The van der Waals surface area contributed by atoms with E-state index in [0.717, 1.165) is 11.8 Å². The molecule has 0 aliphatic carbocycles. The fraction of sp³-hybridized carbons (Fsp3) is 1.00. The number of alkyl halides is 1. The third kappa shape index (κ3) is 2.59. The van der Waals surface area contributed by atoms with Crippen molar-refractivity contribution in [2.24, 2.45) is 5.92 Å². The Kier molecular flexibility index (Phi) is 4.23. The van der Waals surface area contributed by atoms with Gasteiger partial charge in [0.05, 0.1) is 13.2 Å². The van der Waals surface area contributed by atoms with Crippen LogP contribution in [-0.4, -0.2) is 61.8 Å². The van der Waals surface area contributed by atoms with E-state index in [1.54, 1.807) is 4.31 Å². The minimum absolute atomic E-state index is 0.454. The Morgan fingerprint density at radius 1 is 1.19 bits per heavy atom. The maximum atomic E-state index is 12.2. The van der Waals surface area contributed by atoms with Crippen molar-refractivity contribution in [3.05, 3.63) is 0 Å². The van der Waals surface area contributed by atoms with Crippen LogP contribution < -0.4 is 0 Å². The summed E-state index contributed by atoms with van der Waals surface area (Å²) in [5.41, 5.74) is 0. The molecule has 0 aromatic carbocycles. The van der Waals surface area contributed by atoms with E-state index in [2.05, 4.69) is 15.9 Å². The molecule has 5 nitrogen and oxygen atoms in total.